The molecule has 0 fully saturated rings. The average molecular weight is 1400 g/mol. The number of benzene rings is 12. The molecule has 0 saturated heterocycles. The minimum absolute atomic E-state index is 0.0245. The van der Waals surface area contributed by atoms with Gasteiger partial charge in [-0.25, -0.2) is 0 Å². The Labute approximate surface area is 625 Å². The third kappa shape index (κ3) is 20.3. The van der Waals surface area contributed by atoms with Crippen LogP contribution < -0.4 is 15.6 Å². The van der Waals surface area contributed by atoms with Gasteiger partial charge in [0.2, 0.25) is 0 Å². The number of nitrogens with two attached hydrogens (primary N) is 1. The van der Waals surface area contributed by atoms with Crippen LogP contribution in [-0.4, -0.2) is 34.0 Å². The van der Waals surface area contributed by atoms with Gasteiger partial charge in [0.25, 0.3) is 0 Å². The van der Waals surface area contributed by atoms with Crippen molar-refractivity contribution in [3.8, 4) is 91.1 Å². The van der Waals surface area contributed by atoms with Crippen molar-refractivity contribution in [2.45, 2.75) is 97.7 Å². The fourth-order valence-electron chi connectivity index (χ4n) is 12.5. The summed E-state index contributed by atoms with van der Waals surface area (Å²) >= 11 is 0. The van der Waals surface area contributed by atoms with Gasteiger partial charge in [-0.05, 0) is 149 Å². The minimum Gasteiger partial charge on any atom is -0.363 e. The highest BCUT2D eigenvalue weighted by atomic mass is 28.3. The lowest BCUT2D eigenvalue weighted by atomic mass is 9.89. The van der Waals surface area contributed by atoms with Gasteiger partial charge >= 0.3 is 5.84 Å². The van der Waals surface area contributed by atoms with Gasteiger partial charge in [-0.2, -0.15) is 4.99 Å². The molecule has 0 unspecified atom stereocenters. The van der Waals surface area contributed by atoms with Gasteiger partial charge < -0.3 is 5.32 Å². The quantitative estimate of drug-likeness (QED) is 0.0362. The van der Waals surface area contributed by atoms with E-state index in [1.807, 2.05) is 6.21 Å². The van der Waals surface area contributed by atoms with E-state index in [0.717, 1.165) is 117 Å². The molecule has 0 aliphatic heterocycles. The topological polar surface area (TPSA) is 67.3 Å². The first-order chi connectivity index (χ1) is 50.9. The van der Waals surface area contributed by atoms with Gasteiger partial charge in [-0.1, -0.05) is 305 Å². The maximum atomic E-state index is 5.55. The van der Waals surface area contributed by atoms with Gasteiger partial charge in [0.05, 0.1) is 12.6 Å². The zero-order valence-electron chi connectivity index (χ0n) is 61.9. The van der Waals surface area contributed by atoms with E-state index >= 15 is 0 Å². The van der Waals surface area contributed by atoms with E-state index < -0.39 is 16.1 Å². The fourth-order valence-corrected chi connectivity index (χ4v) is 13.6. The summed E-state index contributed by atoms with van der Waals surface area (Å²) in [6.07, 6.45) is 1.93. The lowest BCUT2D eigenvalue weighted by Crippen LogP contribution is -3.00. The Morgan fingerprint density at radius 3 is 1.14 bits per heavy atom. The van der Waals surface area contributed by atoms with Crippen molar-refractivity contribution in [3.05, 3.63) is 381 Å². The van der Waals surface area contributed by atoms with Crippen molar-refractivity contribution in [2.24, 2.45) is 9.98 Å². The molecule has 514 valence electrons. The molecule has 0 saturated carbocycles. The number of nitrogens with one attached hydrogen (secondary N) is 2. The number of amidine groups is 2. The molecule has 0 bridgehead atoms. The Kier molecular flexibility index (Phi) is 23.9. The van der Waals surface area contributed by atoms with E-state index in [0.29, 0.717) is 6.54 Å². The summed E-state index contributed by atoms with van der Waals surface area (Å²) in [5.41, 5.74) is 30.8. The SMILES string of the molecule is C[C@@H](N=C(N[C@H](C)c1ccccc1)c1c(-c2ccc(C#Cc3ccc(CN=Cc4ccc(C#Cc5ccc(-c6cccc(-c7ccc(C#C[Si](C)(C)C)cc7)c6C(=[NH+][C@H](C)c6ccccc6)[NH2+][C@H](C)c6ccccc6)cc5)cc4)cc3)cc2)cccc1-c1ccc(C#C[Si](C)(C)C)cc1)c1ccccc1. The standard InChI is InChI=1S/C98H89N5Si2/c1-71(83-25-15-11-16-26-83)100-97(101-72(2)84-27-17-12-18-28-84)95-91(33-23-35-93(95)89-61-53-79(54-62-89)65-67-104(5,6)7)87-57-49-77(50-58-87)39-37-75-41-45-81(46-42-75)69-99-70-82-47-43-76(44-48-82)38-40-78-51-59-88(60-52-78)92-34-24-36-94(90-63-55-80(56-64-90)66-68-105(8,9)10)96(92)98(102-73(3)85-29-19-13-20-30-85)103-74(4)86-31-21-14-22-32-86/h11-36,41-64,69,71-74H,70H2,1-10H3,(H,100,101)(H,102,103)/p+2/t71-,72-,73-,74-/m1/s1. The molecule has 5 nitrogen and oxygen atoms in total. The summed E-state index contributed by atoms with van der Waals surface area (Å²) in [6, 6.07) is 107. The summed E-state index contributed by atoms with van der Waals surface area (Å²) in [6.45, 7) is 23.1. The van der Waals surface area contributed by atoms with E-state index in [2.05, 4.69) is 433 Å². The van der Waals surface area contributed by atoms with E-state index in [1.54, 1.807) is 0 Å². The van der Waals surface area contributed by atoms with E-state index in [4.69, 9.17) is 9.98 Å². The highest BCUT2D eigenvalue weighted by molar-refractivity contribution is 6.84. The molecule has 4 atom stereocenters. The maximum Gasteiger partial charge on any atom is 0.368 e. The highest BCUT2D eigenvalue weighted by Crippen LogP contribution is 2.37. The Balaban J connectivity index is 0.737. The number of hydrogen-bond acceptors (Lipinski definition) is 2. The summed E-state index contributed by atoms with van der Waals surface area (Å²) in [5, 5.41) is 6.32. The number of rotatable bonds is 17. The Bertz CT molecular complexity index is 5300. The van der Waals surface area contributed by atoms with Crippen molar-refractivity contribution < 1.29 is 10.3 Å². The molecule has 12 rings (SSSR count). The molecule has 4 N–H and O–H groups in total. The molecule has 0 aromatic heterocycles. The zero-order chi connectivity index (χ0) is 73.1. The van der Waals surface area contributed by atoms with E-state index in [9.17, 15) is 0 Å². The molecule has 12 aromatic carbocycles. The molecule has 0 aliphatic rings. The van der Waals surface area contributed by atoms with E-state index in [-0.39, 0.29) is 24.2 Å². The van der Waals surface area contributed by atoms with Gasteiger partial charge in [0.15, 0.2) is 6.04 Å². The highest BCUT2D eigenvalue weighted by Gasteiger charge is 2.30. The first-order valence-electron chi connectivity index (χ1n) is 36.4. The summed E-state index contributed by atoms with van der Waals surface area (Å²) in [5.74, 6) is 22.5. The second kappa shape index (κ2) is 34.4. The Hall–Kier alpha value is -11.9. The van der Waals surface area contributed by atoms with Crippen molar-refractivity contribution in [1.82, 2.24) is 5.32 Å². The van der Waals surface area contributed by atoms with Crippen LogP contribution in [0.4, 0.5) is 0 Å². The van der Waals surface area contributed by atoms with Crippen molar-refractivity contribution in [2.75, 3.05) is 0 Å². The van der Waals surface area contributed by atoms with Crippen LogP contribution in [-0.2, 0) is 6.54 Å². The normalized spacial score (nSPS) is 12.7. The largest absolute Gasteiger partial charge is 0.368 e. The molecular weight excluding hydrogens is 1300 g/mol. The lowest BCUT2D eigenvalue weighted by molar-refractivity contribution is -0.653. The number of quaternary nitrogens is 1. The third-order valence-electron chi connectivity index (χ3n) is 18.3. The maximum absolute atomic E-state index is 5.55. The Morgan fingerprint density at radius 2 is 0.733 bits per heavy atom. The van der Waals surface area contributed by atoms with Crippen molar-refractivity contribution in [1.29, 1.82) is 0 Å². The number of hydrogen-bond donors (Lipinski definition) is 3. The molecule has 0 amide bonds. The zero-order valence-corrected chi connectivity index (χ0v) is 63.9. The van der Waals surface area contributed by atoms with Crippen LogP contribution in [0.5, 0.6) is 0 Å². The van der Waals surface area contributed by atoms with Crippen LogP contribution in [0.25, 0.3) is 44.5 Å². The second-order valence-electron chi connectivity index (χ2n) is 29.0. The molecule has 0 spiro atoms. The fraction of sp³-hybridized carbons (Fsp3) is 0.153. The van der Waals surface area contributed by atoms with Gasteiger partial charge in [0.1, 0.15) is 33.6 Å². The van der Waals surface area contributed by atoms with Crippen molar-refractivity contribution in [3.63, 3.8) is 0 Å². The van der Waals surface area contributed by atoms with Gasteiger partial charge in [-0.15, -0.1) is 11.1 Å². The summed E-state index contributed by atoms with van der Waals surface area (Å²) in [4.78, 5) is 14.4. The third-order valence-corrected chi connectivity index (χ3v) is 20.1. The van der Waals surface area contributed by atoms with Gasteiger partial charge in [-0.3, -0.25) is 15.3 Å². The van der Waals surface area contributed by atoms with Crippen LogP contribution >= 0.6 is 0 Å². The van der Waals surface area contributed by atoms with Gasteiger partial charge in [0, 0.05) is 80.4 Å². The van der Waals surface area contributed by atoms with Crippen LogP contribution in [0, 0.1) is 46.6 Å². The molecule has 7 heteroatoms. The molecule has 105 heavy (non-hydrogen) atoms. The summed E-state index contributed by atoms with van der Waals surface area (Å²) < 4.78 is 0. The predicted octanol–water partition coefficient (Wildman–Crippen LogP) is 20.0. The van der Waals surface area contributed by atoms with E-state index in [1.165, 1.54) is 16.7 Å². The molecule has 12 aromatic rings. The van der Waals surface area contributed by atoms with Crippen LogP contribution in [0.1, 0.15) is 130 Å². The first-order valence-corrected chi connectivity index (χ1v) is 43.4. The monoisotopic (exact) mass is 1390 g/mol. The van der Waals surface area contributed by atoms with Crippen molar-refractivity contribution >= 4 is 34.0 Å². The van der Waals surface area contributed by atoms with Crippen LogP contribution in [0.3, 0.4) is 0 Å². The minimum atomic E-state index is -1.55. The number of nitrogen functional groups attached to an aromatic ring is 1. The number of nitrogens with zero attached hydrogens (tertiary/aromatic N) is 2. The van der Waals surface area contributed by atoms with Crippen LogP contribution in [0.2, 0.25) is 39.3 Å². The Morgan fingerprint density at radius 1 is 0.381 bits per heavy atom. The molecule has 0 radical (unpaired) electrons. The molecule has 0 aliphatic carbocycles. The molecule has 0 heterocycles. The smallest absolute Gasteiger partial charge is 0.363 e. The predicted molar refractivity (Wildman–Crippen MR) is 447 cm³/mol. The average Bonchev–Trinajstić information content (AvgIpc) is 0.780. The lowest BCUT2D eigenvalue weighted by Gasteiger charge is -2.24. The van der Waals surface area contributed by atoms with Crippen LogP contribution in [0.15, 0.2) is 313 Å². The number of aliphatic imine (C=N–C) groups is 2. The first kappa shape index (κ1) is 72.9. The summed E-state index contributed by atoms with van der Waals surface area (Å²) in [7, 11) is -3.10. The second-order valence-corrected chi connectivity index (χ2v) is 38.5. The molecular formula is C98H91N5Si2+2.